The Bertz CT molecular complexity index is 517. The summed E-state index contributed by atoms with van der Waals surface area (Å²) in [5.41, 5.74) is 1.29. The number of hydrogen-bond donors (Lipinski definition) is 1. The lowest BCUT2D eigenvalue weighted by Crippen LogP contribution is -2.22. The van der Waals surface area contributed by atoms with Crippen molar-refractivity contribution in [3.63, 3.8) is 0 Å². The van der Waals surface area contributed by atoms with Gasteiger partial charge in [-0.2, -0.15) is 0 Å². The highest BCUT2D eigenvalue weighted by atomic mass is 79.9. The molecule has 0 fully saturated rings. The van der Waals surface area contributed by atoms with E-state index in [0.29, 0.717) is 0 Å². The van der Waals surface area contributed by atoms with E-state index >= 15 is 0 Å². The van der Waals surface area contributed by atoms with E-state index in [-0.39, 0.29) is 6.04 Å². The molecule has 5 heteroatoms. The summed E-state index contributed by atoms with van der Waals surface area (Å²) in [6.07, 6.45) is 1.13. The van der Waals surface area contributed by atoms with E-state index in [0.717, 1.165) is 25.7 Å². The lowest BCUT2D eigenvalue weighted by molar-refractivity contribution is 0.606. The van der Waals surface area contributed by atoms with Crippen LogP contribution in [0.5, 0.6) is 0 Å². The van der Waals surface area contributed by atoms with Crippen molar-refractivity contribution in [1.29, 1.82) is 0 Å². The fourth-order valence-electron chi connectivity index (χ4n) is 1.83. The molecule has 0 bridgehead atoms. The molecule has 0 saturated carbocycles. The standard InChI is InChI=1S/C14H14Br3NS/c1-2-7-18-13(9-3-5-10(15)6-4-9)12-8-11(16)14(17)19-12/h3-6,8,13,18H,2,7H2,1H3. The second-order valence-corrected chi connectivity index (χ2v) is 8.38. The lowest BCUT2D eigenvalue weighted by Gasteiger charge is -2.17. The van der Waals surface area contributed by atoms with Crippen LogP contribution in [-0.2, 0) is 0 Å². The first-order valence-corrected chi connectivity index (χ1v) is 9.25. The van der Waals surface area contributed by atoms with E-state index in [1.165, 1.54) is 10.4 Å². The molecule has 1 N–H and O–H groups in total. The summed E-state index contributed by atoms with van der Waals surface area (Å²) in [4.78, 5) is 1.31. The third kappa shape index (κ3) is 4.14. The fourth-order valence-corrected chi connectivity index (χ4v) is 4.29. The van der Waals surface area contributed by atoms with Crippen molar-refractivity contribution in [2.24, 2.45) is 0 Å². The zero-order valence-corrected chi connectivity index (χ0v) is 16.0. The normalized spacial score (nSPS) is 12.6. The van der Waals surface area contributed by atoms with Crippen molar-refractivity contribution in [3.05, 3.63) is 53.5 Å². The molecule has 0 aliphatic rings. The maximum Gasteiger partial charge on any atom is 0.0843 e. The maximum atomic E-state index is 3.62. The number of nitrogens with one attached hydrogen (secondary N) is 1. The van der Waals surface area contributed by atoms with Gasteiger partial charge in [-0.1, -0.05) is 35.0 Å². The first-order chi connectivity index (χ1) is 9.11. The lowest BCUT2D eigenvalue weighted by atomic mass is 10.1. The van der Waals surface area contributed by atoms with Crippen molar-refractivity contribution in [2.45, 2.75) is 19.4 Å². The Morgan fingerprint density at radius 1 is 1.16 bits per heavy atom. The monoisotopic (exact) mass is 465 g/mol. The molecule has 19 heavy (non-hydrogen) atoms. The molecule has 2 aromatic rings. The highest BCUT2D eigenvalue weighted by molar-refractivity contribution is 9.13. The molecular formula is C14H14Br3NS. The van der Waals surface area contributed by atoms with Gasteiger partial charge in [-0.25, -0.2) is 0 Å². The molecular weight excluding hydrogens is 454 g/mol. The zero-order chi connectivity index (χ0) is 13.8. The van der Waals surface area contributed by atoms with E-state index in [1.807, 2.05) is 0 Å². The summed E-state index contributed by atoms with van der Waals surface area (Å²) in [7, 11) is 0. The molecule has 0 aliphatic heterocycles. The van der Waals surface area contributed by atoms with E-state index in [9.17, 15) is 0 Å². The third-order valence-electron chi connectivity index (χ3n) is 2.75. The second-order valence-electron chi connectivity index (χ2n) is 4.21. The molecule has 1 aromatic heterocycles. The van der Waals surface area contributed by atoms with Crippen LogP contribution < -0.4 is 5.32 Å². The predicted molar refractivity (Wildman–Crippen MR) is 94.0 cm³/mol. The molecule has 1 nitrogen and oxygen atoms in total. The molecule has 2 rings (SSSR count). The number of hydrogen-bond acceptors (Lipinski definition) is 2. The minimum atomic E-state index is 0.251. The molecule has 0 saturated heterocycles. The van der Waals surface area contributed by atoms with Crippen LogP contribution in [-0.4, -0.2) is 6.54 Å². The van der Waals surface area contributed by atoms with E-state index in [2.05, 4.69) is 90.4 Å². The van der Waals surface area contributed by atoms with Gasteiger partial charge in [-0.3, -0.25) is 0 Å². The molecule has 0 spiro atoms. The van der Waals surface area contributed by atoms with Gasteiger partial charge < -0.3 is 5.32 Å². The number of thiophene rings is 1. The van der Waals surface area contributed by atoms with Gasteiger partial charge in [-0.15, -0.1) is 11.3 Å². The fraction of sp³-hybridized carbons (Fsp3) is 0.286. The van der Waals surface area contributed by atoms with Crippen LogP contribution in [0.2, 0.25) is 0 Å². The molecule has 0 amide bonds. The van der Waals surface area contributed by atoms with Gasteiger partial charge in [0, 0.05) is 13.8 Å². The summed E-state index contributed by atoms with van der Waals surface area (Å²) >= 11 is 12.4. The Hall–Kier alpha value is 0.320. The smallest absolute Gasteiger partial charge is 0.0843 e. The Labute approximate surface area is 143 Å². The van der Waals surface area contributed by atoms with Crippen molar-refractivity contribution >= 4 is 59.1 Å². The van der Waals surface area contributed by atoms with Crippen molar-refractivity contribution in [2.75, 3.05) is 6.54 Å². The highest BCUT2D eigenvalue weighted by Gasteiger charge is 2.17. The first-order valence-electron chi connectivity index (χ1n) is 6.05. The summed E-state index contributed by atoms with van der Waals surface area (Å²) in [6, 6.07) is 10.9. The SMILES string of the molecule is CCCNC(c1ccc(Br)cc1)c1cc(Br)c(Br)s1. The number of rotatable bonds is 5. The summed E-state index contributed by atoms with van der Waals surface area (Å²) in [5, 5.41) is 3.62. The molecule has 102 valence electrons. The second kappa shape index (κ2) is 7.36. The van der Waals surface area contributed by atoms with Gasteiger partial charge in [0.25, 0.3) is 0 Å². The minimum Gasteiger partial charge on any atom is -0.306 e. The quantitative estimate of drug-likeness (QED) is 0.558. The van der Waals surface area contributed by atoms with E-state index < -0.39 is 0 Å². The number of benzene rings is 1. The topological polar surface area (TPSA) is 12.0 Å². The van der Waals surface area contributed by atoms with Crippen LogP contribution >= 0.6 is 59.1 Å². The Morgan fingerprint density at radius 3 is 2.37 bits per heavy atom. The van der Waals surface area contributed by atoms with Crippen LogP contribution in [0.15, 0.2) is 43.1 Å². The van der Waals surface area contributed by atoms with Gasteiger partial charge in [0.2, 0.25) is 0 Å². The predicted octanol–water partition coefficient (Wildman–Crippen LogP) is 6.12. The average Bonchev–Trinajstić information content (AvgIpc) is 2.72. The van der Waals surface area contributed by atoms with Gasteiger partial charge in [-0.05, 0) is 68.6 Å². The Balaban J connectivity index is 2.32. The van der Waals surface area contributed by atoms with Crippen LogP contribution in [0.1, 0.15) is 29.8 Å². The molecule has 1 atom stereocenters. The molecule has 0 aliphatic carbocycles. The van der Waals surface area contributed by atoms with Crippen LogP contribution in [0.4, 0.5) is 0 Å². The van der Waals surface area contributed by atoms with Crippen molar-refractivity contribution < 1.29 is 0 Å². The summed E-state index contributed by atoms with van der Waals surface area (Å²) in [6.45, 7) is 3.19. The van der Waals surface area contributed by atoms with E-state index in [1.54, 1.807) is 11.3 Å². The molecule has 0 radical (unpaired) electrons. The Morgan fingerprint density at radius 2 is 1.84 bits per heavy atom. The van der Waals surface area contributed by atoms with Gasteiger partial charge >= 0.3 is 0 Å². The highest BCUT2D eigenvalue weighted by Crippen LogP contribution is 2.37. The van der Waals surface area contributed by atoms with E-state index in [4.69, 9.17) is 0 Å². The van der Waals surface area contributed by atoms with Gasteiger partial charge in [0.05, 0.1) is 9.83 Å². The van der Waals surface area contributed by atoms with Crippen LogP contribution in [0, 0.1) is 0 Å². The van der Waals surface area contributed by atoms with Crippen molar-refractivity contribution in [1.82, 2.24) is 5.32 Å². The molecule has 1 heterocycles. The van der Waals surface area contributed by atoms with Gasteiger partial charge in [0.1, 0.15) is 0 Å². The van der Waals surface area contributed by atoms with Crippen molar-refractivity contribution in [3.8, 4) is 0 Å². The first kappa shape index (κ1) is 15.7. The zero-order valence-electron chi connectivity index (χ0n) is 10.4. The largest absolute Gasteiger partial charge is 0.306 e. The van der Waals surface area contributed by atoms with Gasteiger partial charge in [0.15, 0.2) is 0 Å². The van der Waals surface area contributed by atoms with Crippen LogP contribution in [0.3, 0.4) is 0 Å². The third-order valence-corrected chi connectivity index (χ3v) is 6.60. The summed E-state index contributed by atoms with van der Waals surface area (Å²) < 4.78 is 3.37. The molecule has 1 unspecified atom stereocenters. The number of halogens is 3. The summed E-state index contributed by atoms with van der Waals surface area (Å²) in [5.74, 6) is 0. The Kier molecular flexibility index (Phi) is 6.09. The minimum absolute atomic E-state index is 0.251. The average molecular weight is 468 g/mol. The molecule has 1 aromatic carbocycles. The van der Waals surface area contributed by atoms with Crippen LogP contribution in [0.25, 0.3) is 0 Å². The maximum absolute atomic E-state index is 3.62.